The fourth-order valence-electron chi connectivity index (χ4n) is 3.19. The van der Waals surface area contributed by atoms with E-state index in [-0.39, 0.29) is 11.6 Å². The third kappa shape index (κ3) is 1.45. The van der Waals surface area contributed by atoms with Gasteiger partial charge in [0.1, 0.15) is 0 Å². The smallest absolute Gasteiger partial charge is 0.256 e. The Bertz CT molecular complexity index is 811. The van der Waals surface area contributed by atoms with Crippen molar-refractivity contribution in [1.82, 2.24) is 4.98 Å². The van der Waals surface area contributed by atoms with Crippen LogP contribution in [-0.4, -0.2) is 11.0 Å². The maximum atomic E-state index is 12.2. The second-order valence-electron chi connectivity index (χ2n) is 5.27. The van der Waals surface area contributed by atoms with Crippen LogP contribution >= 0.6 is 0 Å². The molecule has 3 heteroatoms. The largest absolute Gasteiger partial charge is 0.324 e. The van der Waals surface area contributed by atoms with Crippen LogP contribution in [0.15, 0.2) is 46.8 Å². The number of nitrogens with two attached hydrogens (primary N) is 1. The number of aromatic nitrogens is 1. The van der Waals surface area contributed by atoms with Gasteiger partial charge in [0.2, 0.25) is 0 Å². The molecular formula is C16H14N2O. The Morgan fingerprint density at radius 2 is 2.00 bits per heavy atom. The Labute approximate surface area is 110 Å². The van der Waals surface area contributed by atoms with Gasteiger partial charge in [-0.3, -0.25) is 4.79 Å². The van der Waals surface area contributed by atoms with E-state index in [1.165, 1.54) is 16.7 Å². The lowest BCUT2D eigenvalue weighted by atomic mass is 9.96. The summed E-state index contributed by atoms with van der Waals surface area (Å²) in [6.45, 7) is 0. The molecule has 3 nitrogen and oxygen atoms in total. The number of aromatic amines is 1. The summed E-state index contributed by atoms with van der Waals surface area (Å²) in [6, 6.07) is 7.91. The van der Waals surface area contributed by atoms with E-state index >= 15 is 0 Å². The highest BCUT2D eigenvalue weighted by Gasteiger charge is 2.26. The number of hydrogen-bond donors (Lipinski definition) is 2. The molecule has 2 aliphatic carbocycles. The number of benzene rings is 1. The van der Waals surface area contributed by atoms with Gasteiger partial charge in [-0.15, -0.1) is 0 Å². The molecule has 0 bridgehead atoms. The fourth-order valence-corrected chi connectivity index (χ4v) is 3.19. The molecule has 1 aromatic heterocycles. The van der Waals surface area contributed by atoms with E-state index in [4.69, 9.17) is 5.73 Å². The molecule has 0 spiro atoms. The monoisotopic (exact) mass is 250 g/mol. The molecule has 2 aliphatic rings. The van der Waals surface area contributed by atoms with E-state index in [1.807, 2.05) is 30.3 Å². The van der Waals surface area contributed by atoms with Crippen molar-refractivity contribution < 1.29 is 0 Å². The summed E-state index contributed by atoms with van der Waals surface area (Å²) >= 11 is 0. The standard InChI is InChI=1S/C16H14N2O/c17-10-5-6-11-9(7-10)8-14-12-3-1-2-4-13(12)16(19)18-15(11)14/h1-6,10H,7-8,17H2,(H,18,19). The highest BCUT2D eigenvalue weighted by Crippen LogP contribution is 2.39. The molecule has 0 saturated carbocycles. The molecule has 0 amide bonds. The Morgan fingerprint density at radius 3 is 2.84 bits per heavy atom. The molecule has 1 atom stereocenters. The van der Waals surface area contributed by atoms with Crippen LogP contribution in [0.1, 0.15) is 17.7 Å². The highest BCUT2D eigenvalue weighted by molar-refractivity contribution is 5.94. The van der Waals surface area contributed by atoms with Gasteiger partial charge >= 0.3 is 0 Å². The highest BCUT2D eigenvalue weighted by atomic mass is 16.1. The van der Waals surface area contributed by atoms with E-state index in [1.54, 1.807) is 0 Å². The number of allylic oxidation sites excluding steroid dienone is 2. The Balaban J connectivity index is 2.02. The first-order chi connectivity index (χ1) is 9.24. The number of H-pyrrole nitrogens is 1. The Kier molecular flexibility index (Phi) is 2.09. The van der Waals surface area contributed by atoms with Gasteiger partial charge in [0.15, 0.2) is 0 Å². The number of hydrogen-bond acceptors (Lipinski definition) is 2. The van der Waals surface area contributed by atoms with Crippen LogP contribution in [0.2, 0.25) is 0 Å². The molecule has 2 aromatic rings. The summed E-state index contributed by atoms with van der Waals surface area (Å²) in [5.41, 5.74) is 10.7. The van der Waals surface area contributed by atoms with Gasteiger partial charge in [0.25, 0.3) is 5.56 Å². The summed E-state index contributed by atoms with van der Waals surface area (Å²) in [7, 11) is 0. The van der Waals surface area contributed by atoms with Crippen molar-refractivity contribution in [3.05, 3.63) is 63.6 Å². The quantitative estimate of drug-likeness (QED) is 0.752. The summed E-state index contributed by atoms with van der Waals surface area (Å²) in [5, 5.41) is 1.84. The Hall–Kier alpha value is -2.13. The van der Waals surface area contributed by atoms with Gasteiger partial charge in [0, 0.05) is 11.4 Å². The average molecular weight is 250 g/mol. The summed E-state index contributed by atoms with van der Waals surface area (Å²) < 4.78 is 0. The number of rotatable bonds is 0. The molecule has 1 unspecified atom stereocenters. The van der Waals surface area contributed by atoms with Crippen LogP contribution in [0.3, 0.4) is 0 Å². The first kappa shape index (κ1) is 10.8. The van der Waals surface area contributed by atoms with Crippen LogP contribution in [0.25, 0.3) is 16.3 Å². The minimum atomic E-state index is -0.00799. The minimum absolute atomic E-state index is 0.00799. The second kappa shape index (κ2) is 3.68. The summed E-state index contributed by atoms with van der Waals surface area (Å²) in [6.07, 6.45) is 5.86. The van der Waals surface area contributed by atoms with Crippen LogP contribution in [0, 0.1) is 0 Å². The van der Waals surface area contributed by atoms with Crippen LogP contribution in [0.4, 0.5) is 0 Å². The molecule has 1 aromatic carbocycles. The van der Waals surface area contributed by atoms with E-state index < -0.39 is 0 Å². The van der Waals surface area contributed by atoms with Crippen molar-refractivity contribution in [2.45, 2.75) is 18.9 Å². The molecule has 0 fully saturated rings. The fraction of sp³-hybridized carbons (Fsp3) is 0.188. The van der Waals surface area contributed by atoms with E-state index in [0.717, 1.165) is 29.3 Å². The number of nitrogens with one attached hydrogen (secondary N) is 1. The zero-order chi connectivity index (χ0) is 13.0. The van der Waals surface area contributed by atoms with Gasteiger partial charge < -0.3 is 10.7 Å². The number of pyridine rings is 1. The van der Waals surface area contributed by atoms with Crippen molar-refractivity contribution >= 4 is 16.3 Å². The van der Waals surface area contributed by atoms with E-state index in [9.17, 15) is 4.79 Å². The topological polar surface area (TPSA) is 58.9 Å². The first-order valence-corrected chi connectivity index (χ1v) is 6.54. The number of fused-ring (bicyclic) bond motifs is 4. The van der Waals surface area contributed by atoms with Crippen LogP contribution < -0.4 is 11.3 Å². The SMILES string of the molecule is NC1C=CC2=C(Cc3c2[nH]c(=O)c2ccccc32)C1. The van der Waals surface area contributed by atoms with E-state index in [0.29, 0.717) is 0 Å². The van der Waals surface area contributed by atoms with Crippen molar-refractivity contribution in [1.29, 1.82) is 0 Å². The molecule has 1 heterocycles. The predicted molar refractivity (Wildman–Crippen MR) is 76.9 cm³/mol. The second-order valence-corrected chi connectivity index (χ2v) is 5.27. The average Bonchev–Trinajstić information content (AvgIpc) is 2.77. The molecule has 0 radical (unpaired) electrons. The van der Waals surface area contributed by atoms with Gasteiger partial charge in [0.05, 0.1) is 5.69 Å². The van der Waals surface area contributed by atoms with Gasteiger partial charge in [-0.1, -0.05) is 35.9 Å². The summed E-state index contributed by atoms with van der Waals surface area (Å²) in [4.78, 5) is 15.2. The molecular weight excluding hydrogens is 236 g/mol. The normalized spacial score (nSPS) is 20.8. The molecule has 0 aliphatic heterocycles. The van der Waals surface area contributed by atoms with Crippen molar-refractivity contribution in [3.8, 4) is 0 Å². The van der Waals surface area contributed by atoms with Crippen molar-refractivity contribution in [2.24, 2.45) is 5.73 Å². The zero-order valence-corrected chi connectivity index (χ0v) is 10.4. The van der Waals surface area contributed by atoms with Crippen molar-refractivity contribution in [2.75, 3.05) is 0 Å². The van der Waals surface area contributed by atoms with Crippen LogP contribution in [0.5, 0.6) is 0 Å². The lowest BCUT2D eigenvalue weighted by Gasteiger charge is -2.14. The minimum Gasteiger partial charge on any atom is -0.324 e. The molecule has 94 valence electrons. The lowest BCUT2D eigenvalue weighted by Crippen LogP contribution is -2.19. The molecule has 4 rings (SSSR count). The molecule has 19 heavy (non-hydrogen) atoms. The molecule has 3 N–H and O–H groups in total. The van der Waals surface area contributed by atoms with Crippen LogP contribution in [-0.2, 0) is 6.42 Å². The predicted octanol–water partition coefficient (Wildman–Crippen LogP) is 2.12. The van der Waals surface area contributed by atoms with Gasteiger partial charge in [-0.2, -0.15) is 0 Å². The first-order valence-electron chi connectivity index (χ1n) is 6.54. The Morgan fingerprint density at radius 1 is 1.21 bits per heavy atom. The molecule has 0 saturated heterocycles. The maximum Gasteiger partial charge on any atom is 0.256 e. The van der Waals surface area contributed by atoms with E-state index in [2.05, 4.69) is 11.1 Å². The van der Waals surface area contributed by atoms with Gasteiger partial charge in [-0.05, 0) is 35.4 Å². The zero-order valence-electron chi connectivity index (χ0n) is 10.4. The maximum absolute atomic E-state index is 12.2. The summed E-state index contributed by atoms with van der Waals surface area (Å²) in [5.74, 6) is 0. The van der Waals surface area contributed by atoms with Gasteiger partial charge in [-0.25, -0.2) is 0 Å². The third-order valence-electron chi connectivity index (χ3n) is 4.07. The third-order valence-corrected chi connectivity index (χ3v) is 4.07. The van der Waals surface area contributed by atoms with Crippen molar-refractivity contribution in [3.63, 3.8) is 0 Å². The lowest BCUT2D eigenvalue weighted by molar-refractivity contribution is 0.783.